The maximum absolute atomic E-state index is 11.8. The van der Waals surface area contributed by atoms with Crippen LogP contribution in [0, 0.1) is 0 Å². The molecule has 2 amide bonds. The van der Waals surface area contributed by atoms with Gasteiger partial charge in [0.15, 0.2) is 0 Å². The van der Waals surface area contributed by atoms with Gasteiger partial charge in [-0.3, -0.25) is 9.59 Å². The molecule has 0 spiro atoms. The molecule has 1 aromatic carbocycles. The zero-order valence-corrected chi connectivity index (χ0v) is 14.8. The van der Waals surface area contributed by atoms with Crippen molar-refractivity contribution >= 4 is 27.7 Å². The van der Waals surface area contributed by atoms with Crippen LogP contribution in [0.25, 0.3) is 0 Å². The van der Waals surface area contributed by atoms with Gasteiger partial charge in [0.1, 0.15) is 5.75 Å². The molecule has 2 rings (SSSR count). The highest BCUT2D eigenvalue weighted by molar-refractivity contribution is 9.10. The number of hydrogen-bond donors (Lipinski definition) is 1. The first-order valence-corrected chi connectivity index (χ1v) is 8.87. The summed E-state index contributed by atoms with van der Waals surface area (Å²) in [6.45, 7) is 2.64. The molecule has 1 heterocycles. The summed E-state index contributed by atoms with van der Waals surface area (Å²) in [5.74, 6) is 0.907. The van der Waals surface area contributed by atoms with Gasteiger partial charge in [0.05, 0.1) is 6.61 Å². The summed E-state index contributed by atoms with van der Waals surface area (Å²) in [4.78, 5) is 25.4. The zero-order chi connectivity index (χ0) is 16.5. The van der Waals surface area contributed by atoms with E-state index in [0.29, 0.717) is 32.4 Å². The molecule has 5 nitrogen and oxygen atoms in total. The highest BCUT2D eigenvalue weighted by atomic mass is 79.9. The lowest BCUT2D eigenvalue weighted by molar-refractivity contribution is -0.130. The Kier molecular flexibility index (Phi) is 7.39. The molecule has 0 aliphatic carbocycles. The van der Waals surface area contributed by atoms with Crippen LogP contribution in [0.1, 0.15) is 32.1 Å². The van der Waals surface area contributed by atoms with Gasteiger partial charge in [-0.15, -0.1) is 0 Å². The van der Waals surface area contributed by atoms with E-state index in [1.807, 2.05) is 29.2 Å². The molecule has 0 radical (unpaired) electrons. The molecular formula is C17H23BrN2O3. The Morgan fingerprint density at radius 1 is 1.13 bits per heavy atom. The predicted octanol–water partition coefficient (Wildman–Crippen LogP) is 2.74. The Bertz CT molecular complexity index is 513. The first kappa shape index (κ1) is 17.8. The number of nitrogens with one attached hydrogen (secondary N) is 1. The van der Waals surface area contributed by atoms with Gasteiger partial charge in [-0.05, 0) is 43.5 Å². The Balaban J connectivity index is 1.51. The van der Waals surface area contributed by atoms with Crippen molar-refractivity contribution in [1.82, 2.24) is 10.2 Å². The lowest BCUT2D eigenvalue weighted by atomic mass is 10.3. The molecule has 1 aromatic rings. The molecule has 126 valence electrons. The van der Waals surface area contributed by atoms with E-state index < -0.39 is 0 Å². The molecule has 0 unspecified atom stereocenters. The number of halogens is 1. The van der Waals surface area contributed by atoms with Crippen molar-refractivity contribution in [2.75, 3.05) is 26.2 Å². The number of carbonyl (C=O) groups is 2. The van der Waals surface area contributed by atoms with E-state index in [1.165, 1.54) is 0 Å². The number of rotatable bonds is 8. The molecule has 1 N–H and O–H groups in total. The smallest absolute Gasteiger partial charge is 0.224 e. The Hall–Kier alpha value is -1.56. The lowest BCUT2D eigenvalue weighted by Gasteiger charge is -2.15. The number of carbonyl (C=O) groups excluding carboxylic acids is 2. The lowest BCUT2D eigenvalue weighted by Crippen LogP contribution is -2.32. The normalized spacial score (nSPS) is 13.9. The maximum Gasteiger partial charge on any atom is 0.224 e. The van der Waals surface area contributed by atoms with Gasteiger partial charge >= 0.3 is 0 Å². The molecule has 1 fully saturated rings. The number of amides is 2. The largest absolute Gasteiger partial charge is 0.494 e. The van der Waals surface area contributed by atoms with Crippen molar-refractivity contribution in [3.63, 3.8) is 0 Å². The van der Waals surface area contributed by atoms with Crippen LogP contribution in [0.3, 0.4) is 0 Å². The summed E-state index contributed by atoms with van der Waals surface area (Å²) >= 11 is 3.37. The maximum atomic E-state index is 11.8. The van der Waals surface area contributed by atoms with Crippen LogP contribution in [0.4, 0.5) is 0 Å². The van der Waals surface area contributed by atoms with Crippen molar-refractivity contribution in [3.05, 3.63) is 28.7 Å². The van der Waals surface area contributed by atoms with E-state index >= 15 is 0 Å². The van der Waals surface area contributed by atoms with E-state index in [4.69, 9.17) is 4.74 Å². The summed E-state index contributed by atoms with van der Waals surface area (Å²) in [6.07, 6.45) is 3.64. The Morgan fingerprint density at radius 2 is 1.83 bits per heavy atom. The minimum atomic E-state index is -0.0290. The molecule has 1 aliphatic heterocycles. The van der Waals surface area contributed by atoms with Crippen molar-refractivity contribution in [3.8, 4) is 5.75 Å². The number of likely N-dealkylation sites (tertiary alicyclic amines) is 1. The number of benzene rings is 1. The van der Waals surface area contributed by atoms with Crippen LogP contribution in [0.15, 0.2) is 28.7 Å². The fraction of sp³-hybridized carbons (Fsp3) is 0.529. The van der Waals surface area contributed by atoms with Crippen LogP contribution in [-0.4, -0.2) is 43.0 Å². The second-order valence-electron chi connectivity index (χ2n) is 5.59. The van der Waals surface area contributed by atoms with Gasteiger partial charge in [-0.1, -0.05) is 15.9 Å². The summed E-state index contributed by atoms with van der Waals surface area (Å²) in [6, 6.07) is 7.60. The van der Waals surface area contributed by atoms with E-state index in [-0.39, 0.29) is 11.8 Å². The predicted molar refractivity (Wildman–Crippen MR) is 92.3 cm³/mol. The minimum absolute atomic E-state index is 0.0290. The molecule has 1 aliphatic rings. The molecule has 6 heteroatoms. The molecule has 23 heavy (non-hydrogen) atoms. The van der Waals surface area contributed by atoms with Crippen LogP contribution < -0.4 is 10.1 Å². The second kappa shape index (κ2) is 9.55. The molecular weight excluding hydrogens is 360 g/mol. The fourth-order valence-electron chi connectivity index (χ4n) is 2.48. The summed E-state index contributed by atoms with van der Waals surface area (Å²) in [7, 11) is 0. The van der Waals surface area contributed by atoms with E-state index in [9.17, 15) is 9.59 Å². The van der Waals surface area contributed by atoms with Gasteiger partial charge in [-0.25, -0.2) is 0 Å². The van der Waals surface area contributed by atoms with Crippen molar-refractivity contribution in [1.29, 1.82) is 0 Å². The van der Waals surface area contributed by atoms with E-state index in [1.54, 1.807) is 0 Å². The van der Waals surface area contributed by atoms with Crippen LogP contribution in [-0.2, 0) is 9.59 Å². The van der Waals surface area contributed by atoms with Crippen LogP contribution in [0.5, 0.6) is 5.75 Å². The first-order chi connectivity index (χ1) is 11.1. The van der Waals surface area contributed by atoms with Crippen molar-refractivity contribution in [2.45, 2.75) is 32.1 Å². The second-order valence-corrected chi connectivity index (χ2v) is 6.51. The van der Waals surface area contributed by atoms with E-state index in [0.717, 1.165) is 36.2 Å². The third kappa shape index (κ3) is 6.60. The molecule has 1 saturated heterocycles. The van der Waals surface area contributed by atoms with E-state index in [2.05, 4.69) is 21.2 Å². The van der Waals surface area contributed by atoms with Gasteiger partial charge in [0, 0.05) is 36.9 Å². The SMILES string of the molecule is O=C(CCCOc1ccc(Br)cc1)NCCC(=O)N1CCCC1. The molecule has 0 aromatic heterocycles. The highest BCUT2D eigenvalue weighted by Crippen LogP contribution is 2.16. The van der Waals surface area contributed by atoms with Gasteiger partial charge < -0.3 is 15.0 Å². The molecule has 0 bridgehead atoms. The summed E-state index contributed by atoms with van der Waals surface area (Å²) < 4.78 is 6.57. The van der Waals surface area contributed by atoms with Crippen LogP contribution in [0.2, 0.25) is 0 Å². The monoisotopic (exact) mass is 382 g/mol. The third-order valence-electron chi connectivity index (χ3n) is 3.75. The quantitative estimate of drug-likeness (QED) is 0.703. The summed E-state index contributed by atoms with van der Waals surface area (Å²) in [5, 5.41) is 2.79. The number of nitrogens with zero attached hydrogens (tertiary/aromatic N) is 1. The Labute approximate surface area is 145 Å². The van der Waals surface area contributed by atoms with Crippen LogP contribution >= 0.6 is 15.9 Å². The number of ether oxygens (including phenoxy) is 1. The van der Waals surface area contributed by atoms with Crippen molar-refractivity contribution in [2.24, 2.45) is 0 Å². The zero-order valence-electron chi connectivity index (χ0n) is 13.2. The molecule has 0 atom stereocenters. The fourth-order valence-corrected chi connectivity index (χ4v) is 2.74. The standard InChI is InChI=1S/C17H23BrN2O3/c18-14-5-7-15(8-6-14)23-13-3-4-16(21)19-10-9-17(22)20-11-1-2-12-20/h5-8H,1-4,9-13H2,(H,19,21). The number of hydrogen-bond acceptors (Lipinski definition) is 3. The average Bonchev–Trinajstić information content (AvgIpc) is 3.08. The topological polar surface area (TPSA) is 58.6 Å². The minimum Gasteiger partial charge on any atom is -0.494 e. The average molecular weight is 383 g/mol. The van der Waals surface area contributed by atoms with Gasteiger partial charge in [-0.2, -0.15) is 0 Å². The first-order valence-electron chi connectivity index (χ1n) is 8.08. The highest BCUT2D eigenvalue weighted by Gasteiger charge is 2.17. The van der Waals surface area contributed by atoms with Crippen molar-refractivity contribution < 1.29 is 14.3 Å². The third-order valence-corrected chi connectivity index (χ3v) is 4.28. The Morgan fingerprint density at radius 3 is 2.52 bits per heavy atom. The summed E-state index contributed by atoms with van der Waals surface area (Å²) in [5.41, 5.74) is 0. The van der Waals surface area contributed by atoms with Gasteiger partial charge in [0.2, 0.25) is 11.8 Å². The molecule has 0 saturated carbocycles. The van der Waals surface area contributed by atoms with Gasteiger partial charge in [0.25, 0.3) is 0 Å².